The van der Waals surface area contributed by atoms with Gasteiger partial charge in [0.15, 0.2) is 17.2 Å². The Morgan fingerprint density at radius 2 is 2.24 bits per heavy atom. The predicted molar refractivity (Wildman–Crippen MR) is 124 cm³/mol. The predicted octanol–water partition coefficient (Wildman–Crippen LogP) is 1.51. The lowest BCUT2D eigenvalue weighted by atomic mass is 10.0. The van der Waals surface area contributed by atoms with E-state index >= 15 is 0 Å². The highest BCUT2D eigenvalue weighted by atomic mass is 35.5. The molecule has 0 bridgehead atoms. The molecule has 1 aromatic carbocycles. The summed E-state index contributed by atoms with van der Waals surface area (Å²) < 4.78 is 11.1. The Bertz CT molecular complexity index is 1160. The molecule has 0 aliphatic carbocycles. The van der Waals surface area contributed by atoms with E-state index in [-0.39, 0.29) is 35.5 Å². The highest BCUT2D eigenvalue weighted by Crippen LogP contribution is 2.25. The number of hydrogen-bond acceptors (Lipinski definition) is 11. The number of carbonyl (C=O) groups excluding carboxylic acids is 1. The first-order valence-electron chi connectivity index (χ1n) is 10.5. The van der Waals surface area contributed by atoms with Crippen LogP contribution in [0.5, 0.6) is 11.5 Å². The molecular formula is C20H26ClN9O4. The normalized spacial score (nSPS) is 16.4. The average Bonchev–Trinajstić information content (AvgIpc) is 3.41. The molecule has 182 valence electrons. The van der Waals surface area contributed by atoms with Crippen LogP contribution >= 0.6 is 12.4 Å². The molecule has 3 heterocycles. The maximum Gasteiger partial charge on any atom is 0.293 e. The van der Waals surface area contributed by atoms with Crippen LogP contribution in [0.15, 0.2) is 27.9 Å². The number of nitrogens with zero attached hydrogens (tertiary/aromatic N) is 7. The fraction of sp³-hybridized carbons (Fsp3) is 0.400. The number of nitrogen functional groups attached to an aromatic ring is 1. The number of aromatic nitrogens is 5. The molecule has 13 nitrogen and oxygen atoms in total. The Kier molecular flexibility index (Phi) is 8.02. The van der Waals surface area contributed by atoms with E-state index in [0.717, 1.165) is 25.8 Å². The number of halogens is 1. The highest BCUT2D eigenvalue weighted by molar-refractivity contribution is 5.94. The number of amides is 1. The Morgan fingerprint density at radius 1 is 1.41 bits per heavy atom. The van der Waals surface area contributed by atoms with Crippen LogP contribution < -0.4 is 15.9 Å². The third-order valence-electron chi connectivity index (χ3n) is 5.55. The number of likely N-dealkylation sites (tertiary alicyclic amines) is 1. The summed E-state index contributed by atoms with van der Waals surface area (Å²) in [5.41, 5.74) is 9.45. The number of rotatable bonds is 7. The maximum absolute atomic E-state index is 12.9. The Morgan fingerprint density at radius 3 is 2.91 bits per heavy atom. The molecule has 0 radical (unpaired) electrons. The number of nitrogens with one attached hydrogen (secondary N) is 1. The third-order valence-corrected chi connectivity index (χ3v) is 5.55. The van der Waals surface area contributed by atoms with Crippen LogP contribution in [0.25, 0.3) is 5.82 Å². The lowest BCUT2D eigenvalue weighted by Gasteiger charge is -2.33. The quantitative estimate of drug-likeness (QED) is 0.325. The van der Waals surface area contributed by atoms with Gasteiger partial charge in [0.2, 0.25) is 11.6 Å². The van der Waals surface area contributed by atoms with Crippen LogP contribution in [0, 0.1) is 0 Å². The van der Waals surface area contributed by atoms with Crippen LogP contribution in [0.4, 0.5) is 5.82 Å². The molecular weight excluding hydrogens is 466 g/mol. The van der Waals surface area contributed by atoms with E-state index < -0.39 is 5.91 Å². The smallest absolute Gasteiger partial charge is 0.293 e. The number of methoxy groups -OCH3 is 1. The van der Waals surface area contributed by atoms with Gasteiger partial charge in [0.1, 0.15) is 0 Å². The number of aromatic hydroxyl groups is 1. The number of hydrogen-bond donors (Lipinski definition) is 3. The first-order chi connectivity index (χ1) is 16.0. The van der Waals surface area contributed by atoms with Crippen LogP contribution in [0.1, 0.15) is 47.9 Å². The zero-order valence-corrected chi connectivity index (χ0v) is 19.5. The van der Waals surface area contributed by atoms with Crippen molar-refractivity contribution in [1.29, 1.82) is 0 Å². The second-order valence-electron chi connectivity index (χ2n) is 7.72. The van der Waals surface area contributed by atoms with Crippen molar-refractivity contribution in [3.05, 3.63) is 35.2 Å². The molecule has 14 heteroatoms. The fourth-order valence-corrected chi connectivity index (χ4v) is 3.72. The molecule has 34 heavy (non-hydrogen) atoms. The molecule has 1 aliphatic rings. The van der Waals surface area contributed by atoms with Gasteiger partial charge in [-0.1, -0.05) is 11.6 Å². The minimum Gasteiger partial charge on any atom is -0.504 e. The van der Waals surface area contributed by atoms with E-state index in [4.69, 9.17) is 15.1 Å². The van der Waals surface area contributed by atoms with E-state index in [1.165, 1.54) is 24.1 Å². The second-order valence-corrected chi connectivity index (χ2v) is 7.72. The third kappa shape index (κ3) is 5.26. The van der Waals surface area contributed by atoms with Crippen LogP contribution in [-0.4, -0.2) is 67.1 Å². The molecule has 1 amide bonds. The molecule has 0 saturated carbocycles. The molecule has 2 aromatic heterocycles. The number of nitrogens with two attached hydrogens (primary N) is 1. The van der Waals surface area contributed by atoms with Crippen LogP contribution in [-0.2, 0) is 6.54 Å². The Labute approximate surface area is 201 Å². The van der Waals surface area contributed by atoms with Crippen molar-refractivity contribution in [2.45, 2.75) is 38.8 Å². The summed E-state index contributed by atoms with van der Waals surface area (Å²) in [4.78, 5) is 15.1. The monoisotopic (exact) mass is 491 g/mol. The van der Waals surface area contributed by atoms with Crippen molar-refractivity contribution < 1.29 is 19.3 Å². The zero-order chi connectivity index (χ0) is 23.4. The van der Waals surface area contributed by atoms with Gasteiger partial charge in [0.25, 0.3) is 5.91 Å². The van der Waals surface area contributed by atoms with Gasteiger partial charge in [-0.15, -0.1) is 17.5 Å². The lowest BCUT2D eigenvalue weighted by Crippen LogP contribution is -2.38. The van der Waals surface area contributed by atoms with Gasteiger partial charge in [-0.25, -0.2) is 10.1 Å². The summed E-state index contributed by atoms with van der Waals surface area (Å²) in [6.07, 6.45) is 4.70. The summed E-state index contributed by atoms with van der Waals surface area (Å²) in [5, 5.41) is 29.3. The van der Waals surface area contributed by atoms with Crippen molar-refractivity contribution >= 4 is 30.3 Å². The second kappa shape index (κ2) is 10.9. The van der Waals surface area contributed by atoms with Crippen LogP contribution in [0.3, 0.4) is 0 Å². The number of carbonyl (C=O) groups is 1. The number of piperidine rings is 1. The maximum atomic E-state index is 12.9. The minimum absolute atomic E-state index is 0. The fourth-order valence-electron chi connectivity index (χ4n) is 3.72. The number of phenols is 1. The topological polar surface area (TPSA) is 170 Å². The number of hydrazone groups is 1. The summed E-state index contributed by atoms with van der Waals surface area (Å²) in [7, 11) is 1.46. The van der Waals surface area contributed by atoms with Crippen LogP contribution in [0.2, 0.25) is 0 Å². The van der Waals surface area contributed by atoms with Crippen molar-refractivity contribution in [2.75, 3.05) is 19.4 Å². The van der Waals surface area contributed by atoms with E-state index in [9.17, 15) is 9.90 Å². The number of benzene rings is 1. The van der Waals surface area contributed by atoms with E-state index in [0.29, 0.717) is 29.6 Å². The largest absolute Gasteiger partial charge is 0.504 e. The number of phenolic OH excluding ortho intramolecular Hbond substituents is 1. The molecule has 1 aliphatic heterocycles. The molecule has 1 atom stereocenters. The first kappa shape index (κ1) is 24.9. The Balaban J connectivity index is 0.00000324. The standard InChI is InChI=1S/C20H25N9O4.ClH/c1-12-5-3-4-8-28(12)11-14-17(23-27-29(14)19-18(21)25-33-26-19)20(31)24-22-10-13-6-7-16(32-2)15(30)9-13;/h6-7,9-10,12,30H,3-5,8,11H2,1-2H3,(H2,21,25)(H,24,31);1H/b22-10-;. The summed E-state index contributed by atoms with van der Waals surface area (Å²) in [5.74, 6) is -0.0426. The molecule has 4 N–H and O–H groups in total. The summed E-state index contributed by atoms with van der Waals surface area (Å²) in [6.45, 7) is 3.45. The van der Waals surface area contributed by atoms with Crippen molar-refractivity contribution in [3.8, 4) is 17.3 Å². The Hall–Kier alpha value is -3.71. The van der Waals surface area contributed by atoms with Crippen molar-refractivity contribution in [3.63, 3.8) is 0 Å². The number of anilines is 1. The zero-order valence-electron chi connectivity index (χ0n) is 18.7. The van der Waals surface area contributed by atoms with E-state index in [1.807, 2.05) is 0 Å². The lowest BCUT2D eigenvalue weighted by molar-refractivity contribution is 0.0945. The van der Waals surface area contributed by atoms with Gasteiger partial charge >= 0.3 is 0 Å². The highest BCUT2D eigenvalue weighted by Gasteiger charge is 2.28. The van der Waals surface area contributed by atoms with E-state index in [2.05, 4.69) is 43.0 Å². The van der Waals surface area contributed by atoms with Gasteiger partial charge in [0.05, 0.1) is 19.0 Å². The molecule has 4 rings (SSSR count). The minimum atomic E-state index is -0.551. The van der Waals surface area contributed by atoms with Gasteiger partial charge in [-0.2, -0.15) is 9.78 Å². The van der Waals surface area contributed by atoms with Gasteiger partial charge in [-0.3, -0.25) is 9.69 Å². The molecule has 1 saturated heterocycles. The summed E-state index contributed by atoms with van der Waals surface area (Å²) >= 11 is 0. The van der Waals surface area contributed by atoms with Gasteiger partial charge in [0, 0.05) is 12.6 Å². The van der Waals surface area contributed by atoms with Crippen molar-refractivity contribution in [2.24, 2.45) is 5.10 Å². The van der Waals surface area contributed by atoms with Crippen molar-refractivity contribution in [1.82, 2.24) is 35.6 Å². The molecule has 1 fully saturated rings. The first-order valence-corrected chi connectivity index (χ1v) is 10.5. The molecule has 0 spiro atoms. The average molecular weight is 492 g/mol. The number of ether oxygens (including phenoxy) is 1. The van der Waals surface area contributed by atoms with Gasteiger partial charge in [-0.05, 0) is 60.4 Å². The summed E-state index contributed by atoms with van der Waals surface area (Å²) in [6, 6.07) is 5.09. The SMILES string of the molecule is COc1ccc(/C=N\NC(=O)c2nnn(-c3nonc3N)c2CN2CCCCC2C)cc1O.Cl. The van der Waals surface area contributed by atoms with E-state index in [1.54, 1.807) is 12.1 Å². The van der Waals surface area contributed by atoms with Gasteiger partial charge < -0.3 is 15.6 Å². The molecule has 1 unspecified atom stereocenters. The molecule has 3 aromatic rings.